The van der Waals surface area contributed by atoms with E-state index in [-0.39, 0.29) is 6.04 Å². The second-order valence-electron chi connectivity index (χ2n) is 5.43. The minimum atomic E-state index is -1.08. The highest BCUT2D eigenvalue weighted by atomic mass is 16.4. The maximum atomic E-state index is 11.0. The fraction of sp³-hybridized carbons (Fsp3) is 0.533. The van der Waals surface area contributed by atoms with Crippen LogP contribution in [0.4, 0.5) is 4.79 Å². The Morgan fingerprint density at radius 1 is 1.42 bits per heavy atom. The third-order valence-electron chi connectivity index (χ3n) is 4.04. The molecule has 1 fully saturated rings. The molecule has 19 heavy (non-hydrogen) atoms. The van der Waals surface area contributed by atoms with Crippen LogP contribution in [0.25, 0.3) is 0 Å². The van der Waals surface area contributed by atoms with Gasteiger partial charge in [0.2, 0.25) is 0 Å². The van der Waals surface area contributed by atoms with Gasteiger partial charge in [-0.1, -0.05) is 37.3 Å². The molecule has 0 aromatic heterocycles. The maximum Gasteiger partial charge on any atom is 0.136 e. The molecule has 1 amide bonds. The van der Waals surface area contributed by atoms with E-state index in [1.165, 1.54) is 10.5 Å². The van der Waals surface area contributed by atoms with Crippen LogP contribution >= 0.6 is 0 Å². The fourth-order valence-electron chi connectivity index (χ4n) is 2.74. The molecule has 0 saturated carbocycles. The molecule has 4 heteroatoms. The lowest BCUT2D eigenvalue weighted by Crippen LogP contribution is -2.55. The summed E-state index contributed by atoms with van der Waals surface area (Å²) in [6.07, 6.45) is -0.0619. The zero-order chi connectivity index (χ0) is 13.8. The van der Waals surface area contributed by atoms with Crippen molar-refractivity contribution >= 4 is 6.09 Å². The summed E-state index contributed by atoms with van der Waals surface area (Å²) in [5, 5.41) is 11.0. The lowest BCUT2D eigenvalue weighted by molar-refractivity contribution is -0.267. The van der Waals surface area contributed by atoms with E-state index in [1.807, 2.05) is 18.2 Å². The third-order valence-corrected chi connectivity index (χ3v) is 4.04. The first-order chi connectivity index (χ1) is 9.08. The molecule has 1 saturated heterocycles. The summed E-state index contributed by atoms with van der Waals surface area (Å²) >= 11 is 0. The summed E-state index contributed by atoms with van der Waals surface area (Å²) in [5.41, 5.74) is 1.27. The van der Waals surface area contributed by atoms with E-state index in [1.54, 1.807) is 7.05 Å². The quantitative estimate of drug-likeness (QED) is 0.820. The number of piperidine rings is 1. The predicted molar refractivity (Wildman–Crippen MR) is 72.4 cm³/mol. The minimum Gasteiger partial charge on any atom is -0.530 e. The van der Waals surface area contributed by atoms with Crippen LogP contribution in [0.1, 0.15) is 18.9 Å². The van der Waals surface area contributed by atoms with Crippen LogP contribution in [-0.2, 0) is 6.54 Å². The van der Waals surface area contributed by atoms with Crippen molar-refractivity contribution in [3.05, 3.63) is 35.9 Å². The highest BCUT2D eigenvalue weighted by molar-refractivity contribution is 5.62. The lowest BCUT2D eigenvalue weighted by atomic mass is 9.92. The molecule has 1 aliphatic rings. The molecule has 2 rings (SSSR count). The summed E-state index contributed by atoms with van der Waals surface area (Å²) in [6.45, 7) is 4.79. The number of rotatable bonds is 3. The van der Waals surface area contributed by atoms with Crippen molar-refractivity contribution in [2.24, 2.45) is 5.92 Å². The Hall–Kier alpha value is -1.55. The Labute approximate surface area is 114 Å². The van der Waals surface area contributed by atoms with Crippen LogP contribution in [0.15, 0.2) is 30.3 Å². The van der Waals surface area contributed by atoms with Gasteiger partial charge in [-0.3, -0.25) is 4.90 Å². The average Bonchev–Trinajstić information content (AvgIpc) is 2.41. The van der Waals surface area contributed by atoms with Gasteiger partial charge in [0.15, 0.2) is 0 Å². The number of hydrogen-bond donors (Lipinski definition) is 0. The Kier molecular flexibility index (Phi) is 4.43. The van der Waals surface area contributed by atoms with Crippen LogP contribution < -0.4 is 5.11 Å². The number of hydrogen-bond acceptors (Lipinski definition) is 3. The topological polar surface area (TPSA) is 46.6 Å². The van der Waals surface area contributed by atoms with Crippen molar-refractivity contribution in [1.82, 2.24) is 9.80 Å². The smallest absolute Gasteiger partial charge is 0.136 e. The molecule has 0 spiro atoms. The molecule has 2 atom stereocenters. The fourth-order valence-corrected chi connectivity index (χ4v) is 2.74. The third kappa shape index (κ3) is 3.47. The van der Waals surface area contributed by atoms with Crippen LogP contribution in [0.2, 0.25) is 0 Å². The predicted octanol–water partition coefficient (Wildman–Crippen LogP) is 1.17. The normalized spacial score (nSPS) is 24.1. The molecule has 4 nitrogen and oxygen atoms in total. The van der Waals surface area contributed by atoms with Crippen LogP contribution in [0, 0.1) is 5.92 Å². The van der Waals surface area contributed by atoms with E-state index in [4.69, 9.17) is 0 Å². The molecule has 1 aliphatic heterocycles. The van der Waals surface area contributed by atoms with E-state index >= 15 is 0 Å². The van der Waals surface area contributed by atoms with Crippen LogP contribution in [-0.4, -0.2) is 42.1 Å². The summed E-state index contributed by atoms with van der Waals surface area (Å²) in [6, 6.07) is 10.3. The highest BCUT2D eigenvalue weighted by Crippen LogP contribution is 2.22. The molecule has 0 radical (unpaired) electrons. The SMILES string of the molecule is CC1CCN(Cc2ccccc2)CC1N(C)C(=O)[O-]. The van der Waals surface area contributed by atoms with Crippen LogP contribution in [0.3, 0.4) is 0 Å². The molecular formula is C15H21N2O2-. The number of carboxylic acid groups (broad SMARTS) is 1. The van der Waals surface area contributed by atoms with Crippen LogP contribution in [0.5, 0.6) is 0 Å². The van der Waals surface area contributed by atoms with Crippen molar-refractivity contribution in [2.45, 2.75) is 25.9 Å². The molecule has 2 unspecified atom stereocenters. The zero-order valence-electron chi connectivity index (χ0n) is 11.6. The lowest BCUT2D eigenvalue weighted by Gasteiger charge is -2.42. The summed E-state index contributed by atoms with van der Waals surface area (Å²) in [7, 11) is 1.61. The van der Waals surface area contributed by atoms with Gasteiger partial charge in [0, 0.05) is 26.2 Å². The average molecular weight is 261 g/mol. The van der Waals surface area contributed by atoms with Gasteiger partial charge in [-0.2, -0.15) is 0 Å². The Bertz CT molecular complexity index is 421. The number of carbonyl (C=O) groups excluding carboxylic acids is 1. The minimum absolute atomic E-state index is 0.0301. The van der Waals surface area contributed by atoms with Crippen molar-refractivity contribution in [3.8, 4) is 0 Å². The number of nitrogens with zero attached hydrogens (tertiary/aromatic N) is 2. The summed E-state index contributed by atoms with van der Waals surface area (Å²) in [5.74, 6) is 0.384. The van der Waals surface area contributed by atoms with E-state index in [9.17, 15) is 9.90 Å². The number of carbonyl (C=O) groups is 1. The van der Waals surface area contributed by atoms with Gasteiger partial charge < -0.3 is 14.8 Å². The van der Waals surface area contributed by atoms with Gasteiger partial charge in [-0.15, -0.1) is 0 Å². The number of likely N-dealkylation sites (tertiary alicyclic amines) is 1. The first-order valence-electron chi connectivity index (χ1n) is 6.78. The van der Waals surface area contributed by atoms with Gasteiger partial charge in [-0.25, -0.2) is 0 Å². The number of benzene rings is 1. The summed E-state index contributed by atoms with van der Waals surface area (Å²) in [4.78, 5) is 14.7. The zero-order valence-corrected chi connectivity index (χ0v) is 11.6. The van der Waals surface area contributed by atoms with Crippen molar-refractivity contribution in [2.75, 3.05) is 20.1 Å². The molecule has 0 aliphatic carbocycles. The number of likely N-dealkylation sites (N-methyl/N-ethyl adjacent to an activating group) is 1. The Balaban J connectivity index is 1.99. The molecule has 104 valence electrons. The maximum absolute atomic E-state index is 11.0. The summed E-state index contributed by atoms with van der Waals surface area (Å²) < 4.78 is 0. The Morgan fingerprint density at radius 3 is 2.74 bits per heavy atom. The molecule has 1 aromatic rings. The van der Waals surface area contributed by atoms with Gasteiger partial charge in [-0.05, 0) is 24.4 Å². The first-order valence-corrected chi connectivity index (χ1v) is 6.78. The Morgan fingerprint density at radius 2 is 2.11 bits per heavy atom. The highest BCUT2D eigenvalue weighted by Gasteiger charge is 2.29. The van der Waals surface area contributed by atoms with Gasteiger partial charge in [0.1, 0.15) is 6.09 Å². The van der Waals surface area contributed by atoms with Crippen molar-refractivity contribution < 1.29 is 9.90 Å². The largest absolute Gasteiger partial charge is 0.530 e. The van der Waals surface area contributed by atoms with Crippen molar-refractivity contribution in [3.63, 3.8) is 0 Å². The second kappa shape index (κ2) is 6.06. The van der Waals surface area contributed by atoms with E-state index < -0.39 is 6.09 Å². The second-order valence-corrected chi connectivity index (χ2v) is 5.43. The van der Waals surface area contributed by atoms with Crippen molar-refractivity contribution in [1.29, 1.82) is 0 Å². The molecule has 0 bridgehead atoms. The molecule has 0 N–H and O–H groups in total. The van der Waals surface area contributed by atoms with Gasteiger partial charge in [0.25, 0.3) is 0 Å². The molecule has 1 heterocycles. The molecule has 1 aromatic carbocycles. The van der Waals surface area contributed by atoms with Gasteiger partial charge in [0.05, 0.1) is 0 Å². The monoisotopic (exact) mass is 261 g/mol. The van der Waals surface area contributed by atoms with E-state index in [0.717, 1.165) is 26.1 Å². The van der Waals surface area contributed by atoms with E-state index in [0.29, 0.717) is 5.92 Å². The number of amides is 1. The first kappa shape index (κ1) is 13.9. The van der Waals surface area contributed by atoms with Gasteiger partial charge >= 0.3 is 0 Å². The van der Waals surface area contributed by atoms with E-state index in [2.05, 4.69) is 24.0 Å². The standard InChI is InChI=1S/C15H22N2O2/c1-12-8-9-17(10-13-6-4-3-5-7-13)11-14(12)16(2)15(18)19/h3-7,12,14H,8-11H2,1-2H3,(H,18,19)/p-1. The molecular weight excluding hydrogens is 240 g/mol.